The van der Waals surface area contributed by atoms with Crippen LogP contribution in [0.2, 0.25) is 0 Å². The van der Waals surface area contributed by atoms with Crippen LogP contribution in [0.3, 0.4) is 0 Å². The monoisotopic (exact) mass is 452 g/mol. The Morgan fingerprint density at radius 3 is 2.64 bits per heavy atom. The van der Waals surface area contributed by atoms with Gasteiger partial charge in [-0.3, -0.25) is 0 Å². The Hall–Kier alpha value is -3.14. The predicted molar refractivity (Wildman–Crippen MR) is 122 cm³/mol. The van der Waals surface area contributed by atoms with Gasteiger partial charge in [-0.2, -0.15) is 0 Å². The fourth-order valence-corrected chi connectivity index (χ4v) is 5.03. The minimum absolute atomic E-state index is 0.154. The third kappa shape index (κ3) is 3.43. The number of fused-ring (bicyclic) bond motifs is 2. The summed E-state index contributed by atoms with van der Waals surface area (Å²) in [6, 6.07) is 4.71. The molecule has 0 spiro atoms. The third-order valence-electron chi connectivity index (χ3n) is 7.06. The van der Waals surface area contributed by atoms with Gasteiger partial charge in [-0.25, -0.2) is 28.2 Å². The second kappa shape index (κ2) is 7.18. The lowest BCUT2D eigenvalue weighted by Crippen LogP contribution is -2.47. The molecule has 0 radical (unpaired) electrons. The van der Waals surface area contributed by atoms with E-state index in [1.54, 1.807) is 6.20 Å². The zero-order chi connectivity index (χ0) is 22.9. The van der Waals surface area contributed by atoms with Crippen molar-refractivity contribution >= 4 is 22.6 Å². The second-order valence-corrected chi connectivity index (χ2v) is 9.58. The van der Waals surface area contributed by atoms with E-state index in [0.717, 1.165) is 35.0 Å². The zero-order valence-electron chi connectivity index (χ0n) is 18.8. The minimum Gasteiger partial charge on any atom is -0.350 e. The van der Waals surface area contributed by atoms with Gasteiger partial charge in [-0.15, -0.1) is 5.10 Å². The first-order chi connectivity index (χ1) is 15.8. The zero-order valence-corrected chi connectivity index (χ0v) is 18.8. The van der Waals surface area contributed by atoms with E-state index < -0.39 is 5.92 Å². The van der Waals surface area contributed by atoms with Crippen molar-refractivity contribution in [2.24, 2.45) is 0 Å². The lowest BCUT2D eigenvalue weighted by Gasteiger charge is -2.39. The Morgan fingerprint density at radius 1 is 1.12 bits per heavy atom. The van der Waals surface area contributed by atoms with E-state index >= 15 is 0 Å². The maximum absolute atomic E-state index is 13.5. The first-order valence-corrected chi connectivity index (χ1v) is 11.3. The molecule has 0 atom stereocenters. The average molecular weight is 453 g/mol. The van der Waals surface area contributed by atoms with Crippen LogP contribution >= 0.6 is 0 Å². The molecule has 0 aromatic carbocycles. The molecule has 0 saturated heterocycles. The lowest BCUT2D eigenvalue weighted by atomic mass is 9.86. The van der Waals surface area contributed by atoms with E-state index in [1.807, 2.05) is 40.5 Å². The maximum atomic E-state index is 13.5. The lowest BCUT2D eigenvalue weighted by molar-refractivity contribution is -0.103. The van der Waals surface area contributed by atoms with Gasteiger partial charge >= 0.3 is 0 Å². The van der Waals surface area contributed by atoms with Crippen molar-refractivity contribution in [1.29, 1.82) is 0 Å². The van der Waals surface area contributed by atoms with Crippen LogP contribution in [0.5, 0.6) is 0 Å². The molecule has 10 heteroatoms. The van der Waals surface area contributed by atoms with Crippen LogP contribution in [0.1, 0.15) is 37.5 Å². The maximum Gasteiger partial charge on any atom is 0.252 e. The highest BCUT2D eigenvalue weighted by Crippen LogP contribution is 2.47. The standard InChI is InChI=1S/C23H26F2N8/c1-13-28-21-19(33(13)17-9-23(24,25)10-17)6-14(11-26-21)18-4-5-32-20(18)12-27-22(30-32)29-15-7-16(8-15)31(2)3/h4-6,11-12,15-17H,7-10H2,1-3H3,(H,29,30). The first kappa shape index (κ1) is 20.5. The highest BCUT2D eigenvalue weighted by molar-refractivity contribution is 5.85. The van der Waals surface area contributed by atoms with E-state index in [-0.39, 0.29) is 18.9 Å². The normalized spacial score (nSPS) is 22.6. The molecule has 4 heterocycles. The Kier molecular flexibility index (Phi) is 4.45. The number of hydrogen-bond donors (Lipinski definition) is 1. The second-order valence-electron chi connectivity index (χ2n) is 9.58. The Labute approximate surface area is 189 Å². The highest BCUT2D eigenvalue weighted by atomic mass is 19.3. The van der Waals surface area contributed by atoms with E-state index in [1.165, 1.54) is 0 Å². The largest absolute Gasteiger partial charge is 0.350 e. The van der Waals surface area contributed by atoms with Crippen LogP contribution < -0.4 is 5.32 Å². The van der Waals surface area contributed by atoms with E-state index in [2.05, 4.69) is 44.4 Å². The van der Waals surface area contributed by atoms with E-state index in [9.17, 15) is 8.78 Å². The molecular formula is C23H26F2N8. The number of hydrogen-bond acceptors (Lipinski definition) is 6. The van der Waals surface area contributed by atoms with E-state index in [0.29, 0.717) is 29.5 Å². The van der Waals surface area contributed by atoms with Gasteiger partial charge in [0.15, 0.2) is 5.65 Å². The number of alkyl halides is 2. The molecule has 2 fully saturated rings. The molecule has 2 saturated carbocycles. The van der Waals surface area contributed by atoms with Gasteiger partial charge in [0.05, 0.1) is 17.2 Å². The molecule has 1 N–H and O–H groups in total. The van der Waals surface area contributed by atoms with Crippen molar-refractivity contribution in [2.45, 2.75) is 56.7 Å². The van der Waals surface area contributed by atoms with Crippen LogP contribution in [0.4, 0.5) is 14.7 Å². The number of halogens is 2. The predicted octanol–water partition coefficient (Wildman–Crippen LogP) is 3.92. The van der Waals surface area contributed by atoms with Gasteiger partial charge in [0, 0.05) is 54.5 Å². The molecular weight excluding hydrogens is 426 g/mol. The van der Waals surface area contributed by atoms with Crippen molar-refractivity contribution in [3.63, 3.8) is 0 Å². The summed E-state index contributed by atoms with van der Waals surface area (Å²) in [7, 11) is 4.21. The summed E-state index contributed by atoms with van der Waals surface area (Å²) in [6.45, 7) is 1.84. The smallest absolute Gasteiger partial charge is 0.252 e. The first-order valence-electron chi connectivity index (χ1n) is 11.3. The molecule has 6 rings (SSSR count). The molecule has 0 bridgehead atoms. The average Bonchev–Trinajstić information content (AvgIpc) is 3.27. The summed E-state index contributed by atoms with van der Waals surface area (Å²) < 4.78 is 30.7. The summed E-state index contributed by atoms with van der Waals surface area (Å²) in [5.74, 6) is -1.27. The Balaban J connectivity index is 1.29. The number of pyridine rings is 1. The molecule has 0 amide bonds. The van der Waals surface area contributed by atoms with Crippen LogP contribution in [0.15, 0.2) is 30.7 Å². The third-order valence-corrected chi connectivity index (χ3v) is 7.06. The number of anilines is 1. The van der Waals surface area contributed by atoms with Gasteiger partial charge in [-0.1, -0.05) is 0 Å². The van der Waals surface area contributed by atoms with E-state index in [4.69, 9.17) is 0 Å². The van der Waals surface area contributed by atoms with Crippen molar-refractivity contribution in [2.75, 3.05) is 19.4 Å². The molecule has 4 aromatic rings. The summed E-state index contributed by atoms with van der Waals surface area (Å²) in [5.41, 5.74) is 4.05. The summed E-state index contributed by atoms with van der Waals surface area (Å²) >= 11 is 0. The SMILES string of the molecule is Cc1nc2ncc(-c3ccn4nc(NC5CC(N(C)C)C5)ncc34)cc2n1C1CC(F)(F)C1. The number of nitrogens with one attached hydrogen (secondary N) is 1. The molecule has 0 unspecified atom stereocenters. The number of nitrogens with zero attached hydrogens (tertiary/aromatic N) is 7. The van der Waals surface area contributed by atoms with Crippen molar-refractivity contribution in [3.05, 3.63) is 36.5 Å². The molecule has 33 heavy (non-hydrogen) atoms. The molecule has 2 aliphatic carbocycles. The summed E-state index contributed by atoms with van der Waals surface area (Å²) in [5, 5.41) is 8.04. The van der Waals surface area contributed by atoms with Crippen LogP contribution in [-0.4, -0.2) is 66.1 Å². The fourth-order valence-electron chi connectivity index (χ4n) is 5.03. The number of imidazole rings is 1. The molecule has 2 aliphatic rings. The van der Waals surface area contributed by atoms with Gasteiger partial charge in [0.2, 0.25) is 5.95 Å². The van der Waals surface area contributed by atoms with Gasteiger partial charge < -0.3 is 14.8 Å². The van der Waals surface area contributed by atoms with Crippen LogP contribution in [-0.2, 0) is 0 Å². The van der Waals surface area contributed by atoms with Crippen molar-refractivity contribution < 1.29 is 8.78 Å². The summed E-state index contributed by atoms with van der Waals surface area (Å²) in [4.78, 5) is 15.8. The van der Waals surface area contributed by atoms with Crippen molar-refractivity contribution in [3.8, 4) is 11.1 Å². The number of aromatic nitrogens is 6. The highest BCUT2D eigenvalue weighted by Gasteiger charge is 2.47. The minimum atomic E-state index is -2.59. The van der Waals surface area contributed by atoms with Crippen LogP contribution in [0.25, 0.3) is 27.8 Å². The van der Waals surface area contributed by atoms with Gasteiger partial charge in [0.25, 0.3) is 5.92 Å². The van der Waals surface area contributed by atoms with Crippen LogP contribution in [0, 0.1) is 6.92 Å². The fraction of sp³-hybridized carbons (Fsp3) is 0.478. The van der Waals surface area contributed by atoms with Gasteiger partial charge in [0.1, 0.15) is 5.82 Å². The molecule has 4 aromatic heterocycles. The van der Waals surface area contributed by atoms with Crippen molar-refractivity contribution in [1.82, 2.24) is 34.0 Å². The molecule has 0 aliphatic heterocycles. The number of rotatable bonds is 5. The Bertz CT molecular complexity index is 1340. The molecule has 8 nitrogen and oxygen atoms in total. The Morgan fingerprint density at radius 2 is 1.91 bits per heavy atom. The number of aryl methyl sites for hydroxylation is 1. The molecule has 172 valence electrons. The quantitative estimate of drug-likeness (QED) is 0.495. The summed E-state index contributed by atoms with van der Waals surface area (Å²) in [6.07, 6.45) is 7.34. The van der Waals surface area contributed by atoms with Gasteiger partial charge in [-0.05, 0) is 46.0 Å². The topological polar surface area (TPSA) is 76.2 Å².